The largest absolute Gasteiger partial charge is 0.490 e. The van der Waals surface area contributed by atoms with E-state index in [1.165, 1.54) is 6.07 Å². The summed E-state index contributed by atoms with van der Waals surface area (Å²) in [4.78, 5) is 16.8. The summed E-state index contributed by atoms with van der Waals surface area (Å²) in [6.45, 7) is 4.71. The predicted octanol–water partition coefficient (Wildman–Crippen LogP) is 4.05. The Morgan fingerprint density at radius 1 is 0.970 bits per heavy atom. The lowest BCUT2D eigenvalue weighted by atomic mass is 9.99. The Morgan fingerprint density at radius 3 is 2.24 bits per heavy atom. The van der Waals surface area contributed by atoms with Crippen LogP contribution in [0.15, 0.2) is 53.4 Å². The first-order chi connectivity index (χ1) is 15.8. The smallest absolute Gasteiger partial charge is 0.331 e. The van der Waals surface area contributed by atoms with Gasteiger partial charge in [-0.05, 0) is 68.5 Å². The first-order valence-electron chi connectivity index (χ1n) is 11.4. The van der Waals surface area contributed by atoms with E-state index in [0.717, 1.165) is 44.5 Å². The number of rotatable bonds is 5. The second-order valence-corrected chi connectivity index (χ2v) is 10.8. The number of likely N-dealkylation sites (tertiary alicyclic amines) is 2. The molecule has 2 amide bonds. The van der Waals surface area contributed by atoms with Gasteiger partial charge in [-0.1, -0.05) is 29.8 Å². The Bertz CT molecular complexity index is 1060. The first kappa shape index (κ1) is 23.9. The van der Waals surface area contributed by atoms with Crippen LogP contribution in [0.2, 0.25) is 5.02 Å². The van der Waals surface area contributed by atoms with Crippen LogP contribution in [0, 0.1) is 6.92 Å². The third-order valence-corrected chi connectivity index (χ3v) is 8.20. The SMILES string of the molecule is Cc1ccccc1S(=O)(=O)NC(=O)N1CCC(N2CCC(Oc3ccc(Cl)cc3)CC2)CC1. The molecule has 0 bridgehead atoms. The molecule has 0 radical (unpaired) electrons. The maximum atomic E-state index is 12.6. The van der Waals surface area contributed by atoms with Gasteiger partial charge in [0.1, 0.15) is 11.9 Å². The van der Waals surface area contributed by atoms with E-state index in [2.05, 4.69) is 9.62 Å². The third kappa shape index (κ3) is 5.99. The average Bonchev–Trinajstić information content (AvgIpc) is 2.81. The van der Waals surface area contributed by atoms with Gasteiger partial charge in [-0.15, -0.1) is 0 Å². The van der Waals surface area contributed by atoms with Crippen LogP contribution >= 0.6 is 11.6 Å². The number of hydrogen-bond acceptors (Lipinski definition) is 5. The highest BCUT2D eigenvalue weighted by Gasteiger charge is 2.31. The van der Waals surface area contributed by atoms with Crippen LogP contribution in [0.1, 0.15) is 31.2 Å². The molecule has 0 aliphatic carbocycles. The van der Waals surface area contributed by atoms with Crippen LogP contribution in [-0.2, 0) is 10.0 Å². The Balaban J connectivity index is 1.23. The van der Waals surface area contributed by atoms with Gasteiger partial charge in [0, 0.05) is 37.2 Å². The van der Waals surface area contributed by atoms with Gasteiger partial charge in [0.15, 0.2) is 0 Å². The maximum Gasteiger partial charge on any atom is 0.331 e. The summed E-state index contributed by atoms with van der Waals surface area (Å²) in [5, 5.41) is 0.699. The highest BCUT2D eigenvalue weighted by Crippen LogP contribution is 2.25. The fourth-order valence-corrected chi connectivity index (χ4v) is 5.94. The lowest BCUT2D eigenvalue weighted by Crippen LogP contribution is -2.52. The Hall–Kier alpha value is -2.29. The molecule has 2 aliphatic heterocycles. The van der Waals surface area contributed by atoms with Crippen molar-refractivity contribution in [1.29, 1.82) is 0 Å². The monoisotopic (exact) mass is 491 g/mol. The van der Waals surface area contributed by atoms with Gasteiger partial charge < -0.3 is 9.64 Å². The molecule has 1 N–H and O–H groups in total. The molecule has 7 nitrogen and oxygen atoms in total. The Kier molecular flexibility index (Phi) is 7.46. The van der Waals surface area contributed by atoms with Crippen LogP contribution in [-0.4, -0.2) is 62.6 Å². The molecule has 178 valence electrons. The Morgan fingerprint density at radius 2 is 1.61 bits per heavy atom. The van der Waals surface area contributed by atoms with Crippen LogP contribution < -0.4 is 9.46 Å². The zero-order chi connectivity index (χ0) is 23.4. The van der Waals surface area contributed by atoms with Crippen molar-refractivity contribution in [3.05, 3.63) is 59.1 Å². The number of piperidine rings is 2. The van der Waals surface area contributed by atoms with Gasteiger partial charge in [0.05, 0.1) is 4.90 Å². The van der Waals surface area contributed by atoms with Crippen molar-refractivity contribution in [2.45, 2.75) is 49.6 Å². The predicted molar refractivity (Wildman–Crippen MR) is 128 cm³/mol. The molecular formula is C24H30ClN3O4S. The van der Waals surface area contributed by atoms with E-state index in [1.54, 1.807) is 30.0 Å². The highest BCUT2D eigenvalue weighted by atomic mass is 35.5. The van der Waals surface area contributed by atoms with E-state index in [4.69, 9.17) is 16.3 Å². The van der Waals surface area contributed by atoms with E-state index in [-0.39, 0.29) is 11.0 Å². The number of benzene rings is 2. The molecule has 2 fully saturated rings. The van der Waals surface area contributed by atoms with E-state index in [0.29, 0.717) is 29.7 Å². The highest BCUT2D eigenvalue weighted by molar-refractivity contribution is 7.90. The van der Waals surface area contributed by atoms with E-state index >= 15 is 0 Å². The van der Waals surface area contributed by atoms with Crippen molar-refractivity contribution >= 4 is 27.7 Å². The summed E-state index contributed by atoms with van der Waals surface area (Å²) in [6.07, 6.45) is 3.77. The molecule has 9 heteroatoms. The van der Waals surface area contributed by atoms with Crippen molar-refractivity contribution in [1.82, 2.24) is 14.5 Å². The molecule has 2 aromatic carbocycles. The second kappa shape index (κ2) is 10.3. The second-order valence-electron chi connectivity index (χ2n) is 8.70. The average molecular weight is 492 g/mol. The van der Waals surface area contributed by atoms with Crippen molar-refractivity contribution in [2.24, 2.45) is 0 Å². The summed E-state index contributed by atoms with van der Waals surface area (Å²) in [5.41, 5.74) is 0.611. The number of hydrogen-bond donors (Lipinski definition) is 1. The quantitative estimate of drug-likeness (QED) is 0.682. The summed E-state index contributed by atoms with van der Waals surface area (Å²) < 4.78 is 33.5. The zero-order valence-corrected chi connectivity index (χ0v) is 20.3. The third-order valence-electron chi connectivity index (χ3n) is 6.47. The number of ether oxygens (including phenoxy) is 1. The number of nitrogens with one attached hydrogen (secondary N) is 1. The summed E-state index contributed by atoms with van der Waals surface area (Å²) >= 11 is 5.93. The van der Waals surface area contributed by atoms with Crippen molar-refractivity contribution in [2.75, 3.05) is 26.2 Å². The van der Waals surface area contributed by atoms with E-state index in [1.807, 2.05) is 24.3 Å². The number of carbonyl (C=O) groups excluding carboxylic acids is 1. The number of aryl methyl sites for hydroxylation is 1. The van der Waals surface area contributed by atoms with Gasteiger partial charge >= 0.3 is 6.03 Å². The molecule has 0 saturated carbocycles. The van der Waals surface area contributed by atoms with Gasteiger partial charge in [-0.3, -0.25) is 4.90 Å². The van der Waals surface area contributed by atoms with Crippen LogP contribution in [0.5, 0.6) is 5.75 Å². The normalized spacial score (nSPS) is 18.8. The molecule has 33 heavy (non-hydrogen) atoms. The fraction of sp³-hybridized carbons (Fsp3) is 0.458. The molecule has 0 atom stereocenters. The minimum absolute atomic E-state index is 0.136. The molecule has 0 spiro atoms. The lowest BCUT2D eigenvalue weighted by Gasteiger charge is -2.41. The molecular weight excluding hydrogens is 462 g/mol. The molecule has 2 aromatic rings. The van der Waals surface area contributed by atoms with Crippen LogP contribution in [0.25, 0.3) is 0 Å². The van der Waals surface area contributed by atoms with Gasteiger partial charge in [0.2, 0.25) is 0 Å². The number of halogens is 1. The fourth-order valence-electron chi connectivity index (χ4n) is 4.59. The maximum absolute atomic E-state index is 12.6. The van der Waals surface area contributed by atoms with Gasteiger partial charge in [0.25, 0.3) is 10.0 Å². The van der Waals surface area contributed by atoms with Gasteiger partial charge in [-0.2, -0.15) is 0 Å². The van der Waals surface area contributed by atoms with Crippen molar-refractivity contribution in [3.8, 4) is 5.75 Å². The summed E-state index contributed by atoms with van der Waals surface area (Å²) in [6, 6.07) is 14.0. The summed E-state index contributed by atoms with van der Waals surface area (Å²) in [7, 11) is -3.88. The first-order valence-corrected chi connectivity index (χ1v) is 13.2. The van der Waals surface area contributed by atoms with Crippen molar-refractivity contribution < 1.29 is 17.9 Å². The molecule has 2 aliphatic rings. The zero-order valence-electron chi connectivity index (χ0n) is 18.7. The molecule has 0 aromatic heterocycles. The molecule has 4 rings (SSSR count). The standard InChI is InChI=1S/C24H30ClN3O4S/c1-18-4-2-3-5-23(18)33(30,31)26-24(29)28-14-10-20(11-15-28)27-16-12-22(13-17-27)32-21-8-6-19(25)7-9-21/h2-9,20,22H,10-17H2,1H3,(H,26,29). The van der Waals surface area contributed by atoms with E-state index in [9.17, 15) is 13.2 Å². The molecule has 2 heterocycles. The van der Waals surface area contributed by atoms with Crippen LogP contribution in [0.4, 0.5) is 4.79 Å². The molecule has 2 saturated heterocycles. The number of carbonyl (C=O) groups is 1. The minimum Gasteiger partial charge on any atom is -0.490 e. The van der Waals surface area contributed by atoms with Gasteiger partial charge in [-0.25, -0.2) is 17.9 Å². The topological polar surface area (TPSA) is 79.0 Å². The number of nitrogens with zero attached hydrogens (tertiary/aromatic N) is 2. The number of urea groups is 1. The molecule has 0 unspecified atom stereocenters. The van der Waals surface area contributed by atoms with Crippen molar-refractivity contribution in [3.63, 3.8) is 0 Å². The van der Waals surface area contributed by atoms with E-state index < -0.39 is 16.1 Å². The number of amides is 2. The lowest BCUT2D eigenvalue weighted by molar-refractivity contribution is 0.0540. The minimum atomic E-state index is -3.88. The van der Waals surface area contributed by atoms with Crippen LogP contribution in [0.3, 0.4) is 0 Å². The Labute approximate surface area is 200 Å². The number of sulfonamides is 1. The summed E-state index contributed by atoms with van der Waals surface area (Å²) in [5.74, 6) is 0.845.